The third kappa shape index (κ3) is 19.2. The number of aryl methyl sites for hydroxylation is 16. The summed E-state index contributed by atoms with van der Waals surface area (Å²) in [6.07, 6.45) is 24.0. The Morgan fingerprint density at radius 3 is 0.347 bits per heavy atom. The van der Waals surface area contributed by atoms with E-state index in [0.717, 1.165) is 46.0 Å². The number of methoxy groups -OCH3 is 8. The minimum Gasteiger partial charge on any atom is -0.497 e. The lowest BCUT2D eigenvalue weighted by atomic mass is 9.79. The van der Waals surface area contributed by atoms with Crippen molar-refractivity contribution in [3.63, 3.8) is 0 Å². The summed E-state index contributed by atoms with van der Waals surface area (Å²) in [5.41, 5.74) is 38.5. The Morgan fingerprint density at radius 2 is 0.243 bits per heavy atom. The first-order chi connectivity index (χ1) is 69.7. The van der Waals surface area contributed by atoms with E-state index in [1.54, 1.807) is 56.9 Å². The number of hydrogen-bond donors (Lipinski definition) is 0. The zero-order valence-corrected chi connectivity index (χ0v) is 89.5. The second-order valence-corrected chi connectivity index (χ2v) is 41.1. The van der Waals surface area contributed by atoms with Crippen molar-refractivity contribution in [3.8, 4) is 135 Å². The highest BCUT2D eigenvalue weighted by Gasteiger charge is 2.30. The molecule has 2 aliphatic carbocycles. The van der Waals surface area contributed by atoms with Gasteiger partial charge in [-0.3, -0.25) is 0 Å². The highest BCUT2D eigenvalue weighted by Crippen LogP contribution is 2.56. The van der Waals surface area contributed by atoms with Gasteiger partial charge in [-0.1, -0.05) is 212 Å². The Bertz CT molecular complexity index is 6700. The molecule has 0 heterocycles. The fraction of sp³-hybridized carbons (Fsp3) is 0.294. The topological polar surface area (TPSA) is 73.8 Å². The van der Waals surface area contributed by atoms with Crippen LogP contribution in [0.2, 0.25) is 0 Å². The van der Waals surface area contributed by atoms with E-state index in [0.29, 0.717) is 0 Å². The second-order valence-electron chi connectivity index (χ2n) is 41.1. The smallest absolute Gasteiger partial charge is 0.119 e. The van der Waals surface area contributed by atoms with E-state index in [-0.39, 0.29) is 0 Å². The maximum absolute atomic E-state index is 5.74. The van der Waals surface area contributed by atoms with Crippen LogP contribution in [-0.4, -0.2) is 56.9 Å². The molecule has 0 N–H and O–H groups in total. The molecule has 144 heavy (non-hydrogen) atoms. The van der Waals surface area contributed by atoms with Gasteiger partial charge < -0.3 is 37.9 Å². The highest BCUT2D eigenvalue weighted by atomic mass is 16.5. The van der Waals surface area contributed by atoms with Gasteiger partial charge in [0.25, 0.3) is 0 Å². The van der Waals surface area contributed by atoms with Gasteiger partial charge >= 0.3 is 0 Å². The summed E-state index contributed by atoms with van der Waals surface area (Å²) in [5, 5.41) is 23.1. The summed E-state index contributed by atoms with van der Waals surface area (Å²) in [7, 11) is 13.9. The summed E-state index contributed by atoms with van der Waals surface area (Å²) in [4.78, 5) is 0. The summed E-state index contributed by atoms with van der Waals surface area (Å²) >= 11 is 0. The third-order valence-corrected chi connectivity index (χ3v) is 31.3. The summed E-state index contributed by atoms with van der Waals surface area (Å²) in [5.74, 6) is 6.95. The van der Waals surface area contributed by atoms with Gasteiger partial charge in [0.2, 0.25) is 0 Å². The molecule has 2 aliphatic rings. The Hall–Kier alpha value is -14.1. The Balaban J connectivity index is 0.000000144. The van der Waals surface area contributed by atoms with Crippen LogP contribution in [-0.2, 0) is 0 Å². The van der Waals surface area contributed by atoms with Gasteiger partial charge in [-0.2, -0.15) is 0 Å². The van der Waals surface area contributed by atoms with Crippen LogP contribution in [0.15, 0.2) is 231 Å². The molecule has 22 rings (SSSR count). The van der Waals surface area contributed by atoms with Crippen molar-refractivity contribution in [2.75, 3.05) is 56.9 Å². The zero-order chi connectivity index (χ0) is 101. The molecule has 0 unspecified atom stereocenters. The molecule has 0 spiro atoms. The van der Waals surface area contributed by atoms with E-state index >= 15 is 0 Å². The van der Waals surface area contributed by atoms with Crippen molar-refractivity contribution in [2.45, 2.75) is 214 Å². The first-order valence-electron chi connectivity index (χ1n) is 52.1. The average Bonchev–Trinajstić information content (AvgIpc) is 0.701. The molecule has 0 radical (unpaired) electrons. The molecule has 8 heteroatoms. The molecular weight excluding hydrogens is 1760 g/mol. The largest absolute Gasteiger partial charge is 0.497 e. The van der Waals surface area contributed by atoms with Crippen molar-refractivity contribution in [2.24, 2.45) is 0 Å². The van der Waals surface area contributed by atoms with Crippen LogP contribution < -0.4 is 37.9 Å². The summed E-state index contributed by atoms with van der Waals surface area (Å²) < 4.78 is 45.9. The van der Waals surface area contributed by atoms with Crippen LogP contribution in [0, 0.1) is 111 Å². The SMILES string of the molecule is C1CCCCCCC1.C1CCCCCCC1.COc1cc(C)c(-c2cc(-c3c(C)cc(OC)cc3C)c3ccc4c(-c5c(C)cc(OC)cc5C)cc(-c5c(C)cc(OC)cc5C)c5ccc2c3c54)c(C)c1.COc1cc(C)c(-c2cc(-c3c(C)cc(OC)cc3C)c3ccc4c(-c5c(C)cc(OC)cc5C)cc(-c5c(C)cc(OC)cc5C)c5ccc2c3c54)c(C)c1.c1cc2ccc3cccc4ccc(c1)c2c34. The molecule has 0 amide bonds. The Labute approximate surface area is 854 Å². The molecule has 0 bridgehead atoms. The van der Waals surface area contributed by atoms with Crippen molar-refractivity contribution < 1.29 is 37.9 Å². The quantitative estimate of drug-likeness (QED) is 0.0886. The molecule has 0 saturated heterocycles. The molecular formula is C136H142O8. The van der Waals surface area contributed by atoms with Gasteiger partial charge in [0.05, 0.1) is 56.9 Å². The van der Waals surface area contributed by atoms with Crippen molar-refractivity contribution in [1.82, 2.24) is 0 Å². The molecule has 734 valence electrons. The normalized spacial score (nSPS) is 13.0. The van der Waals surface area contributed by atoms with Crippen LogP contribution in [0.4, 0.5) is 0 Å². The van der Waals surface area contributed by atoms with Crippen LogP contribution in [0.25, 0.3) is 186 Å². The van der Waals surface area contributed by atoms with E-state index in [9.17, 15) is 0 Å². The van der Waals surface area contributed by atoms with E-state index < -0.39 is 0 Å². The van der Waals surface area contributed by atoms with Gasteiger partial charge in [0.15, 0.2) is 0 Å². The lowest BCUT2D eigenvalue weighted by Crippen LogP contribution is -2.00. The molecule has 20 aromatic rings. The van der Waals surface area contributed by atoms with Gasteiger partial charge in [-0.15, -0.1) is 0 Å². The maximum atomic E-state index is 5.74. The summed E-state index contributed by atoms with van der Waals surface area (Å²) in [6, 6.07) is 85.0. The lowest BCUT2D eigenvalue weighted by molar-refractivity contribution is 0.414. The van der Waals surface area contributed by atoms with Crippen molar-refractivity contribution >= 4 is 97.0 Å². The van der Waals surface area contributed by atoms with Gasteiger partial charge in [0, 0.05) is 0 Å². The predicted molar refractivity (Wildman–Crippen MR) is 616 cm³/mol. The van der Waals surface area contributed by atoms with Crippen LogP contribution in [0.1, 0.15) is 192 Å². The molecule has 8 nitrogen and oxygen atoms in total. The maximum Gasteiger partial charge on any atom is 0.119 e. The fourth-order valence-corrected chi connectivity index (χ4v) is 24.9. The van der Waals surface area contributed by atoms with E-state index in [4.69, 9.17) is 37.9 Å². The minimum atomic E-state index is 0.869. The standard InChI is InChI=1S/2C52H50O4.C16H10.2C8H16/c2*1-27-17-35(53-9)18-28(2)47(27)43-25-44(48-29(3)19-36(54-10)20-30(48)4)40-15-16-42-46(50-33(7)23-38(56-12)24-34(50)8)26-45(41-14-13-39(43)51(40)52(41)42)49-31(5)21-37(55-11)22-32(49)6;1-3-11-7-9-13-5-2-6-14-10-8-12(4-1)15(11)16(13)14;2*1-2-4-6-8-7-5-3-1/h2*13-26H,1-12H3;1-10H;2*1-8H2. The second kappa shape index (κ2) is 42.8. The molecule has 2 fully saturated rings. The Kier molecular flexibility index (Phi) is 29.8. The minimum absolute atomic E-state index is 0.869. The lowest BCUT2D eigenvalue weighted by Gasteiger charge is -2.25. The van der Waals surface area contributed by atoms with Crippen molar-refractivity contribution in [3.05, 3.63) is 320 Å². The first-order valence-corrected chi connectivity index (χ1v) is 52.1. The third-order valence-electron chi connectivity index (χ3n) is 31.3. The van der Waals surface area contributed by atoms with Crippen LogP contribution in [0.5, 0.6) is 46.0 Å². The summed E-state index contributed by atoms with van der Waals surface area (Å²) in [6.45, 7) is 35.2. The Morgan fingerprint density at radius 1 is 0.132 bits per heavy atom. The monoisotopic (exact) mass is 1900 g/mol. The molecule has 0 aliphatic heterocycles. The predicted octanol–water partition coefficient (Wildman–Crippen LogP) is 38.3. The van der Waals surface area contributed by atoms with Gasteiger partial charge in [0.1, 0.15) is 46.0 Å². The molecule has 20 aromatic carbocycles. The van der Waals surface area contributed by atoms with Crippen molar-refractivity contribution in [1.29, 1.82) is 0 Å². The first kappa shape index (κ1) is 100. The van der Waals surface area contributed by atoms with Crippen LogP contribution >= 0.6 is 0 Å². The molecule has 0 aromatic heterocycles. The average molecular weight is 1900 g/mol. The molecule has 0 atom stereocenters. The zero-order valence-electron chi connectivity index (χ0n) is 89.5. The number of ether oxygens (including phenoxy) is 8. The van der Waals surface area contributed by atoms with Gasteiger partial charge in [-0.25, -0.2) is 0 Å². The molecule has 2 saturated carbocycles. The van der Waals surface area contributed by atoms with E-state index in [1.807, 2.05) is 0 Å². The van der Waals surface area contributed by atoms with Gasteiger partial charge in [-0.05, 0) is 507 Å². The van der Waals surface area contributed by atoms with E-state index in [1.165, 1.54) is 378 Å². The number of benzene rings is 20. The van der Waals surface area contributed by atoms with Crippen LogP contribution in [0.3, 0.4) is 0 Å². The highest BCUT2D eigenvalue weighted by molar-refractivity contribution is 6.35. The number of hydrogen-bond acceptors (Lipinski definition) is 8. The fourth-order valence-electron chi connectivity index (χ4n) is 24.9. The van der Waals surface area contributed by atoms with E-state index in [2.05, 4.69) is 341 Å². The number of rotatable bonds is 16.